The largest absolute Gasteiger partial charge is 0.486 e. The number of benzene rings is 2. The molecule has 2 aromatic rings. The molecule has 178 valence electrons. The number of nitrogens with one attached hydrogen (secondary N) is 1. The van der Waals surface area contributed by atoms with Crippen molar-refractivity contribution < 1.29 is 22.7 Å². The van der Waals surface area contributed by atoms with Crippen molar-refractivity contribution in [3.05, 3.63) is 53.1 Å². The summed E-state index contributed by atoms with van der Waals surface area (Å²) < 4.78 is 38.9. The van der Waals surface area contributed by atoms with Crippen LogP contribution in [0.2, 0.25) is 0 Å². The Morgan fingerprint density at radius 1 is 1.15 bits per heavy atom. The molecule has 0 aromatic heterocycles. The van der Waals surface area contributed by atoms with E-state index in [2.05, 4.69) is 15.8 Å². The third-order valence-electron chi connectivity index (χ3n) is 7.59. The molecule has 8 nitrogen and oxygen atoms in total. The summed E-state index contributed by atoms with van der Waals surface area (Å²) in [4.78, 5) is 20.0. The van der Waals surface area contributed by atoms with Gasteiger partial charge in [-0.3, -0.25) is 14.5 Å². The van der Waals surface area contributed by atoms with Crippen LogP contribution >= 0.6 is 0 Å². The average Bonchev–Trinajstić information content (AvgIpc) is 3.42. The summed E-state index contributed by atoms with van der Waals surface area (Å²) in [5.74, 6) is 1.64. The van der Waals surface area contributed by atoms with Crippen molar-refractivity contribution in [2.45, 2.75) is 49.0 Å². The maximum atomic E-state index is 13.5. The summed E-state index contributed by atoms with van der Waals surface area (Å²) in [5, 5.41) is 0. The lowest BCUT2D eigenvalue weighted by Crippen LogP contribution is -2.49. The van der Waals surface area contributed by atoms with Gasteiger partial charge in [-0.25, -0.2) is 8.42 Å². The van der Waals surface area contributed by atoms with E-state index in [1.165, 1.54) is 5.56 Å². The first-order valence-electron chi connectivity index (χ1n) is 11.8. The molecule has 1 amide bonds. The second kappa shape index (κ2) is 7.73. The summed E-state index contributed by atoms with van der Waals surface area (Å²) in [5.41, 5.74) is 2.78. The quantitative estimate of drug-likeness (QED) is 0.711. The number of amides is 1. The highest BCUT2D eigenvalue weighted by atomic mass is 32.2. The first-order chi connectivity index (χ1) is 16.4. The molecule has 34 heavy (non-hydrogen) atoms. The molecule has 1 N–H and O–H groups in total. The number of aliphatic imine (C=N–C) groups is 1. The molecule has 1 spiro atoms. The molecule has 3 aliphatic heterocycles. The number of hydrogen-bond donors (Lipinski definition) is 1. The molecule has 2 aromatic carbocycles. The number of ether oxygens (including phenoxy) is 2. The van der Waals surface area contributed by atoms with Crippen LogP contribution in [-0.4, -0.2) is 51.4 Å². The first kappa shape index (κ1) is 21.5. The zero-order valence-corrected chi connectivity index (χ0v) is 19.9. The van der Waals surface area contributed by atoms with Crippen LogP contribution in [-0.2, 0) is 20.2 Å². The minimum atomic E-state index is -3.64. The van der Waals surface area contributed by atoms with Crippen LogP contribution in [0.3, 0.4) is 0 Å². The number of carbonyl (C=O) groups excluding carboxylic acids is 1. The average molecular weight is 482 g/mol. The van der Waals surface area contributed by atoms with Gasteiger partial charge in [-0.2, -0.15) is 0 Å². The van der Waals surface area contributed by atoms with Gasteiger partial charge >= 0.3 is 0 Å². The van der Waals surface area contributed by atoms with Crippen molar-refractivity contribution in [2.75, 3.05) is 26.3 Å². The Labute approximate surface area is 199 Å². The molecule has 1 aliphatic carbocycles. The Morgan fingerprint density at radius 2 is 1.85 bits per heavy atom. The molecule has 0 bridgehead atoms. The second-order valence-electron chi connectivity index (χ2n) is 9.53. The van der Waals surface area contributed by atoms with E-state index >= 15 is 0 Å². The summed E-state index contributed by atoms with van der Waals surface area (Å²) in [7, 11) is -3.64. The molecule has 0 radical (unpaired) electrons. The molecule has 6 rings (SSSR count). The van der Waals surface area contributed by atoms with Crippen LogP contribution in [0.1, 0.15) is 55.3 Å². The Balaban J connectivity index is 1.32. The molecular weight excluding hydrogens is 454 g/mol. The van der Waals surface area contributed by atoms with Gasteiger partial charge < -0.3 is 14.4 Å². The topological polar surface area (TPSA) is 97.3 Å². The fourth-order valence-corrected chi connectivity index (χ4v) is 7.15. The van der Waals surface area contributed by atoms with Crippen molar-refractivity contribution in [1.29, 1.82) is 0 Å². The Hall–Kier alpha value is -3.07. The molecule has 3 heterocycles. The van der Waals surface area contributed by atoms with Crippen LogP contribution in [0.5, 0.6) is 11.5 Å². The zero-order valence-electron chi connectivity index (χ0n) is 19.0. The normalized spacial score (nSPS) is 24.6. The predicted octanol–water partition coefficient (Wildman–Crippen LogP) is 2.91. The third-order valence-corrected chi connectivity index (χ3v) is 8.99. The van der Waals surface area contributed by atoms with Gasteiger partial charge in [0.25, 0.3) is 10.0 Å². The minimum Gasteiger partial charge on any atom is -0.486 e. The zero-order chi connectivity index (χ0) is 23.5. The van der Waals surface area contributed by atoms with Gasteiger partial charge in [-0.15, -0.1) is 0 Å². The lowest BCUT2D eigenvalue weighted by molar-refractivity contribution is -0.133. The van der Waals surface area contributed by atoms with Gasteiger partial charge in [-0.1, -0.05) is 25.0 Å². The molecule has 1 saturated carbocycles. The Kier molecular flexibility index (Phi) is 4.88. The molecule has 0 saturated heterocycles. The SMILES string of the molecule is CC1c2cc3c(cc2C2(CCCC2)CN1C(=O)CN=C1NS(=O)(=O)c2ccccc21)OCCO3. The Bertz CT molecular complexity index is 1310. The van der Waals surface area contributed by atoms with Gasteiger partial charge in [0.15, 0.2) is 11.5 Å². The highest BCUT2D eigenvalue weighted by Gasteiger charge is 2.46. The molecule has 1 fully saturated rings. The predicted molar refractivity (Wildman–Crippen MR) is 126 cm³/mol. The third kappa shape index (κ3) is 3.28. The minimum absolute atomic E-state index is 0.0952. The van der Waals surface area contributed by atoms with Crippen LogP contribution in [0, 0.1) is 0 Å². The van der Waals surface area contributed by atoms with Crippen molar-refractivity contribution in [1.82, 2.24) is 9.62 Å². The number of rotatable bonds is 2. The van der Waals surface area contributed by atoms with Crippen LogP contribution < -0.4 is 14.2 Å². The van der Waals surface area contributed by atoms with Gasteiger partial charge in [0, 0.05) is 17.5 Å². The smallest absolute Gasteiger partial charge is 0.263 e. The summed E-state index contributed by atoms with van der Waals surface area (Å²) in [6.45, 7) is 3.61. The van der Waals surface area contributed by atoms with Crippen molar-refractivity contribution in [2.24, 2.45) is 4.99 Å². The summed E-state index contributed by atoms with van der Waals surface area (Å²) in [6, 6.07) is 10.7. The standard InChI is InChI=1S/C25H27N3O5S/c1-16-18-12-20-21(33-11-10-32-20)13-19(18)25(8-4-5-9-25)15-28(16)23(29)14-26-24-17-6-2-3-7-22(17)34(30,31)27-24/h2-3,6-7,12-13,16H,4-5,8-11,14-15H2,1H3,(H,26,27). The van der Waals surface area contributed by atoms with Gasteiger partial charge in [0.05, 0.1) is 10.9 Å². The summed E-state index contributed by atoms with van der Waals surface area (Å²) >= 11 is 0. The van der Waals surface area contributed by atoms with E-state index in [1.54, 1.807) is 24.3 Å². The number of carbonyl (C=O) groups is 1. The molecular formula is C25H27N3O5S. The van der Waals surface area contributed by atoms with Gasteiger partial charge in [-0.05, 0) is 55.2 Å². The molecule has 1 atom stereocenters. The molecule has 1 unspecified atom stereocenters. The van der Waals surface area contributed by atoms with E-state index in [4.69, 9.17) is 9.47 Å². The monoisotopic (exact) mass is 481 g/mol. The number of nitrogens with zero attached hydrogens (tertiary/aromatic N) is 2. The van der Waals surface area contributed by atoms with Gasteiger partial charge in [0.2, 0.25) is 5.91 Å². The fourth-order valence-electron chi connectivity index (χ4n) is 5.90. The second-order valence-corrected chi connectivity index (χ2v) is 11.2. The molecule has 4 aliphatic rings. The number of amidine groups is 1. The van der Waals surface area contributed by atoms with E-state index in [0.29, 0.717) is 25.3 Å². The lowest BCUT2D eigenvalue weighted by atomic mass is 9.71. The molecule has 9 heteroatoms. The van der Waals surface area contributed by atoms with Gasteiger partial charge in [0.1, 0.15) is 25.6 Å². The van der Waals surface area contributed by atoms with E-state index in [0.717, 1.165) is 42.7 Å². The Morgan fingerprint density at radius 3 is 2.62 bits per heavy atom. The van der Waals surface area contributed by atoms with Crippen LogP contribution in [0.4, 0.5) is 0 Å². The van der Waals surface area contributed by atoms with Crippen LogP contribution in [0.25, 0.3) is 0 Å². The summed E-state index contributed by atoms with van der Waals surface area (Å²) in [6.07, 6.45) is 4.31. The fraction of sp³-hybridized carbons (Fsp3) is 0.440. The van der Waals surface area contributed by atoms with E-state index in [1.807, 2.05) is 17.9 Å². The van der Waals surface area contributed by atoms with E-state index in [9.17, 15) is 13.2 Å². The highest BCUT2D eigenvalue weighted by molar-refractivity contribution is 7.90. The van der Waals surface area contributed by atoms with Crippen molar-refractivity contribution >= 4 is 21.8 Å². The lowest BCUT2D eigenvalue weighted by Gasteiger charge is -2.46. The van der Waals surface area contributed by atoms with Crippen molar-refractivity contribution in [3.8, 4) is 11.5 Å². The maximum Gasteiger partial charge on any atom is 0.263 e. The highest BCUT2D eigenvalue weighted by Crippen LogP contribution is 2.51. The van der Waals surface area contributed by atoms with Crippen LogP contribution in [0.15, 0.2) is 46.3 Å². The first-order valence-corrected chi connectivity index (χ1v) is 13.3. The van der Waals surface area contributed by atoms with E-state index < -0.39 is 10.0 Å². The number of hydrogen-bond acceptors (Lipinski definition) is 6. The number of sulfonamides is 1. The van der Waals surface area contributed by atoms with Crippen molar-refractivity contribution in [3.63, 3.8) is 0 Å². The maximum absolute atomic E-state index is 13.5. The number of fused-ring (bicyclic) bond motifs is 4. The van der Waals surface area contributed by atoms with E-state index in [-0.39, 0.29) is 34.6 Å².